The Hall–Kier alpha value is -1.35. The van der Waals surface area contributed by atoms with E-state index in [0.717, 1.165) is 32.5 Å². The highest BCUT2D eigenvalue weighted by Gasteiger charge is 2.45. The van der Waals surface area contributed by atoms with Crippen LogP contribution < -0.4 is 0 Å². The largest absolute Gasteiger partial charge is 0.339 e. The minimum absolute atomic E-state index is 0.361. The molecule has 0 unspecified atom stereocenters. The van der Waals surface area contributed by atoms with Crippen molar-refractivity contribution in [1.82, 2.24) is 9.80 Å². The van der Waals surface area contributed by atoms with Gasteiger partial charge in [-0.3, -0.25) is 9.69 Å². The number of nitrogens with zero attached hydrogens (tertiary/aromatic N) is 2. The van der Waals surface area contributed by atoms with Crippen molar-refractivity contribution < 1.29 is 4.79 Å². The third kappa shape index (κ3) is 3.30. The average molecular weight is 312 g/mol. The molecule has 1 saturated carbocycles. The van der Waals surface area contributed by atoms with Crippen LogP contribution in [0.15, 0.2) is 24.3 Å². The van der Waals surface area contributed by atoms with Crippen LogP contribution in [0.25, 0.3) is 0 Å². The molecule has 1 aromatic carbocycles. The second kappa shape index (κ2) is 5.94. The van der Waals surface area contributed by atoms with Crippen molar-refractivity contribution in [2.75, 3.05) is 19.6 Å². The first-order valence-corrected chi connectivity index (χ1v) is 9.21. The number of rotatable bonds is 3. The summed E-state index contributed by atoms with van der Waals surface area (Å²) in [6.45, 7) is 6.58. The van der Waals surface area contributed by atoms with Crippen LogP contribution in [0, 0.1) is 12.3 Å². The van der Waals surface area contributed by atoms with Crippen LogP contribution in [0.5, 0.6) is 0 Å². The molecule has 1 aromatic rings. The zero-order valence-corrected chi connectivity index (χ0v) is 14.3. The summed E-state index contributed by atoms with van der Waals surface area (Å²) in [5.74, 6) is 0.411. The number of hydrogen-bond donors (Lipinski definition) is 0. The Balaban J connectivity index is 1.43. The predicted molar refractivity (Wildman–Crippen MR) is 92.1 cm³/mol. The molecule has 3 heteroatoms. The van der Waals surface area contributed by atoms with Crippen LogP contribution >= 0.6 is 0 Å². The van der Waals surface area contributed by atoms with Crippen molar-refractivity contribution in [3.8, 4) is 0 Å². The number of hydrogen-bond acceptors (Lipinski definition) is 2. The molecule has 3 fully saturated rings. The Morgan fingerprint density at radius 3 is 2.65 bits per heavy atom. The Morgan fingerprint density at radius 1 is 1.13 bits per heavy atom. The molecule has 3 aliphatic rings. The maximum atomic E-state index is 12.2. The standard InChI is InChI=1S/C20H28N2O/c1-16-3-5-17(6-4-16)13-21-12-2-10-20(14-21)11-9-19(23)22(15-20)18-7-8-18/h3-6,18H,2,7-15H2,1H3/t20-/m1/s1. The number of piperidine rings is 2. The van der Waals surface area contributed by atoms with Gasteiger partial charge in [-0.05, 0) is 51.1 Å². The van der Waals surface area contributed by atoms with E-state index in [1.54, 1.807) is 0 Å². The first-order chi connectivity index (χ1) is 11.1. The quantitative estimate of drug-likeness (QED) is 0.854. The van der Waals surface area contributed by atoms with Crippen LogP contribution in [0.2, 0.25) is 0 Å². The van der Waals surface area contributed by atoms with E-state index >= 15 is 0 Å². The molecule has 4 rings (SSSR count). The van der Waals surface area contributed by atoms with Gasteiger partial charge in [-0.15, -0.1) is 0 Å². The fourth-order valence-electron chi connectivity index (χ4n) is 4.49. The van der Waals surface area contributed by atoms with Crippen LogP contribution in [0.4, 0.5) is 0 Å². The molecule has 1 amide bonds. The molecule has 3 nitrogen and oxygen atoms in total. The maximum Gasteiger partial charge on any atom is 0.222 e. The summed E-state index contributed by atoms with van der Waals surface area (Å²) in [6.07, 6.45) is 6.91. The normalized spacial score (nSPS) is 29.3. The summed E-state index contributed by atoms with van der Waals surface area (Å²) < 4.78 is 0. The molecule has 2 saturated heterocycles. The van der Waals surface area contributed by atoms with E-state index in [2.05, 4.69) is 41.0 Å². The SMILES string of the molecule is Cc1ccc(CN2CCC[C@@]3(CCC(=O)N(C4CC4)C3)C2)cc1. The highest BCUT2D eigenvalue weighted by atomic mass is 16.2. The highest BCUT2D eigenvalue weighted by Crippen LogP contribution is 2.42. The molecule has 124 valence electrons. The lowest BCUT2D eigenvalue weighted by Crippen LogP contribution is -2.54. The average Bonchev–Trinajstić information content (AvgIpc) is 3.38. The van der Waals surface area contributed by atoms with Gasteiger partial charge in [0.2, 0.25) is 5.91 Å². The van der Waals surface area contributed by atoms with Crippen LogP contribution in [0.1, 0.15) is 49.7 Å². The van der Waals surface area contributed by atoms with E-state index in [-0.39, 0.29) is 0 Å². The number of likely N-dealkylation sites (tertiary alicyclic amines) is 2. The number of carbonyl (C=O) groups is 1. The molecular weight excluding hydrogens is 284 g/mol. The number of aryl methyl sites for hydroxylation is 1. The van der Waals surface area contributed by atoms with Crippen molar-refractivity contribution in [2.45, 2.75) is 58.0 Å². The zero-order chi connectivity index (χ0) is 15.9. The van der Waals surface area contributed by atoms with E-state index < -0.39 is 0 Å². The Morgan fingerprint density at radius 2 is 1.91 bits per heavy atom. The monoisotopic (exact) mass is 312 g/mol. The Bertz CT molecular complexity index is 578. The molecule has 1 aliphatic carbocycles. The Labute approximate surface area is 139 Å². The first-order valence-electron chi connectivity index (χ1n) is 9.21. The summed E-state index contributed by atoms with van der Waals surface area (Å²) in [5.41, 5.74) is 3.10. The lowest BCUT2D eigenvalue weighted by molar-refractivity contribution is -0.140. The number of benzene rings is 1. The first kappa shape index (κ1) is 15.2. The summed E-state index contributed by atoms with van der Waals surface area (Å²) in [6, 6.07) is 9.52. The van der Waals surface area contributed by atoms with Crippen LogP contribution in [-0.4, -0.2) is 41.4 Å². The molecule has 0 bridgehead atoms. The molecule has 0 aromatic heterocycles. The molecule has 2 heterocycles. The molecule has 2 aliphatic heterocycles. The molecule has 0 radical (unpaired) electrons. The van der Waals surface area contributed by atoms with Gasteiger partial charge < -0.3 is 4.90 Å². The molecular formula is C20H28N2O. The smallest absolute Gasteiger partial charge is 0.222 e. The molecule has 1 atom stereocenters. The maximum absolute atomic E-state index is 12.2. The van der Waals surface area contributed by atoms with Gasteiger partial charge in [0.25, 0.3) is 0 Å². The second-order valence-electron chi connectivity index (χ2n) is 8.05. The highest BCUT2D eigenvalue weighted by molar-refractivity contribution is 5.78. The van der Waals surface area contributed by atoms with Gasteiger partial charge in [-0.1, -0.05) is 29.8 Å². The van der Waals surface area contributed by atoms with Crippen molar-refractivity contribution in [3.05, 3.63) is 35.4 Å². The summed E-state index contributed by atoms with van der Waals surface area (Å²) in [5, 5.41) is 0. The van der Waals surface area contributed by atoms with Crippen LogP contribution in [0.3, 0.4) is 0 Å². The zero-order valence-electron chi connectivity index (χ0n) is 14.3. The summed E-state index contributed by atoms with van der Waals surface area (Å²) in [7, 11) is 0. The Kier molecular flexibility index (Phi) is 3.92. The molecule has 0 N–H and O–H groups in total. The second-order valence-corrected chi connectivity index (χ2v) is 8.05. The fourth-order valence-corrected chi connectivity index (χ4v) is 4.49. The third-order valence-electron chi connectivity index (χ3n) is 5.95. The van der Waals surface area contributed by atoms with Crippen molar-refractivity contribution in [1.29, 1.82) is 0 Å². The van der Waals surface area contributed by atoms with E-state index in [0.29, 0.717) is 17.4 Å². The minimum atomic E-state index is 0.361. The predicted octanol–water partition coefficient (Wildman–Crippen LogP) is 3.36. The fraction of sp³-hybridized carbons (Fsp3) is 0.650. The van der Waals surface area contributed by atoms with Crippen LogP contribution in [-0.2, 0) is 11.3 Å². The van der Waals surface area contributed by atoms with Gasteiger partial charge >= 0.3 is 0 Å². The van der Waals surface area contributed by atoms with E-state index in [1.807, 2.05) is 0 Å². The van der Waals surface area contributed by atoms with E-state index in [4.69, 9.17) is 0 Å². The van der Waals surface area contributed by atoms with E-state index in [1.165, 1.54) is 43.4 Å². The molecule has 23 heavy (non-hydrogen) atoms. The van der Waals surface area contributed by atoms with Gasteiger partial charge in [0.1, 0.15) is 0 Å². The van der Waals surface area contributed by atoms with Gasteiger partial charge in [0, 0.05) is 37.5 Å². The van der Waals surface area contributed by atoms with Crippen molar-refractivity contribution in [2.24, 2.45) is 5.41 Å². The lowest BCUT2D eigenvalue weighted by Gasteiger charge is -2.48. The van der Waals surface area contributed by atoms with Crippen molar-refractivity contribution in [3.63, 3.8) is 0 Å². The molecule has 1 spiro atoms. The number of amides is 1. The summed E-state index contributed by atoms with van der Waals surface area (Å²) in [4.78, 5) is 17.1. The van der Waals surface area contributed by atoms with Gasteiger partial charge in [-0.2, -0.15) is 0 Å². The van der Waals surface area contributed by atoms with Gasteiger partial charge in [-0.25, -0.2) is 0 Å². The summed E-state index contributed by atoms with van der Waals surface area (Å²) >= 11 is 0. The third-order valence-corrected chi connectivity index (χ3v) is 5.95. The van der Waals surface area contributed by atoms with Gasteiger partial charge in [0.05, 0.1) is 0 Å². The minimum Gasteiger partial charge on any atom is -0.339 e. The topological polar surface area (TPSA) is 23.6 Å². The van der Waals surface area contributed by atoms with Crippen molar-refractivity contribution >= 4 is 5.91 Å². The van der Waals surface area contributed by atoms with E-state index in [9.17, 15) is 4.79 Å². The van der Waals surface area contributed by atoms with Gasteiger partial charge in [0.15, 0.2) is 0 Å². The number of carbonyl (C=O) groups excluding carboxylic acids is 1. The lowest BCUT2D eigenvalue weighted by atomic mass is 9.73.